The molecular formula is C9H16N2O4. The molecule has 0 aromatic carbocycles. The van der Waals surface area contributed by atoms with E-state index in [1.165, 1.54) is 0 Å². The van der Waals surface area contributed by atoms with Crippen LogP contribution >= 0.6 is 0 Å². The Balaban J connectivity index is 2.42. The van der Waals surface area contributed by atoms with Gasteiger partial charge in [0.1, 0.15) is 6.04 Å². The highest BCUT2D eigenvalue weighted by atomic mass is 16.4. The number of carbonyl (C=O) groups is 2. The van der Waals surface area contributed by atoms with Crippen molar-refractivity contribution in [2.45, 2.75) is 18.9 Å². The van der Waals surface area contributed by atoms with Crippen molar-refractivity contribution in [1.82, 2.24) is 10.6 Å². The summed E-state index contributed by atoms with van der Waals surface area (Å²) >= 11 is 0. The van der Waals surface area contributed by atoms with Crippen molar-refractivity contribution >= 4 is 11.9 Å². The first kappa shape index (κ1) is 11.9. The van der Waals surface area contributed by atoms with Crippen LogP contribution in [-0.2, 0) is 9.59 Å². The van der Waals surface area contributed by atoms with Crippen LogP contribution in [0.4, 0.5) is 0 Å². The third-order valence-corrected chi connectivity index (χ3v) is 2.46. The number of aliphatic carboxylic acids is 1. The molecule has 4 N–H and O–H groups in total. The first-order chi connectivity index (χ1) is 7.15. The van der Waals surface area contributed by atoms with E-state index in [9.17, 15) is 9.59 Å². The van der Waals surface area contributed by atoms with Crippen LogP contribution in [-0.4, -0.2) is 47.8 Å². The molecule has 0 spiro atoms. The second-order valence-corrected chi connectivity index (χ2v) is 3.60. The van der Waals surface area contributed by atoms with E-state index in [0.29, 0.717) is 6.54 Å². The van der Waals surface area contributed by atoms with Gasteiger partial charge in [0.2, 0.25) is 5.91 Å². The molecule has 1 amide bonds. The highest BCUT2D eigenvalue weighted by Gasteiger charge is 2.26. The van der Waals surface area contributed by atoms with Gasteiger partial charge in [0, 0.05) is 19.6 Å². The zero-order valence-corrected chi connectivity index (χ0v) is 8.40. The average molecular weight is 216 g/mol. The Morgan fingerprint density at radius 1 is 1.53 bits per heavy atom. The molecule has 15 heavy (non-hydrogen) atoms. The monoisotopic (exact) mass is 216 g/mol. The maximum Gasteiger partial charge on any atom is 0.326 e. The van der Waals surface area contributed by atoms with Crippen molar-refractivity contribution in [3.05, 3.63) is 0 Å². The molecule has 0 aromatic rings. The standard InChI is InChI=1S/C9H16N2O4/c12-4-2-7(9(14)15)11-8(13)6-1-3-10-5-6/h6-7,10,12H,1-5H2,(H,11,13)(H,14,15)/t6?,7-/m0/s1. The summed E-state index contributed by atoms with van der Waals surface area (Å²) in [6.45, 7) is 1.13. The van der Waals surface area contributed by atoms with Gasteiger partial charge in [-0.3, -0.25) is 4.79 Å². The summed E-state index contributed by atoms with van der Waals surface area (Å²) in [5, 5.41) is 22.8. The maximum atomic E-state index is 11.5. The molecule has 1 aliphatic heterocycles. The van der Waals surface area contributed by atoms with Crippen molar-refractivity contribution in [3.8, 4) is 0 Å². The molecule has 1 fully saturated rings. The fourth-order valence-corrected chi connectivity index (χ4v) is 1.55. The van der Waals surface area contributed by atoms with Crippen LogP contribution in [0.2, 0.25) is 0 Å². The number of rotatable bonds is 5. The van der Waals surface area contributed by atoms with Crippen LogP contribution in [0.1, 0.15) is 12.8 Å². The molecule has 0 radical (unpaired) electrons. The minimum absolute atomic E-state index is 0.0429. The highest BCUT2D eigenvalue weighted by Crippen LogP contribution is 2.08. The van der Waals surface area contributed by atoms with E-state index in [0.717, 1.165) is 13.0 Å². The second-order valence-electron chi connectivity index (χ2n) is 3.60. The predicted octanol–water partition coefficient (Wildman–Crippen LogP) is -1.45. The molecule has 1 rings (SSSR count). The fourth-order valence-electron chi connectivity index (χ4n) is 1.55. The van der Waals surface area contributed by atoms with Crippen LogP contribution in [0.15, 0.2) is 0 Å². The molecule has 0 saturated carbocycles. The number of hydrogen-bond donors (Lipinski definition) is 4. The predicted molar refractivity (Wildman–Crippen MR) is 52.2 cm³/mol. The maximum absolute atomic E-state index is 11.5. The Morgan fingerprint density at radius 2 is 2.27 bits per heavy atom. The normalized spacial score (nSPS) is 22.3. The third-order valence-electron chi connectivity index (χ3n) is 2.46. The lowest BCUT2D eigenvalue weighted by atomic mass is 10.1. The summed E-state index contributed by atoms with van der Waals surface area (Å²) < 4.78 is 0. The van der Waals surface area contributed by atoms with Crippen LogP contribution in [0.3, 0.4) is 0 Å². The molecule has 6 nitrogen and oxygen atoms in total. The number of carbonyl (C=O) groups excluding carboxylic acids is 1. The van der Waals surface area contributed by atoms with Gasteiger partial charge in [0.05, 0.1) is 5.92 Å². The number of aliphatic hydroxyl groups is 1. The summed E-state index contributed by atoms with van der Waals surface area (Å²) in [5.41, 5.74) is 0. The van der Waals surface area contributed by atoms with E-state index >= 15 is 0 Å². The van der Waals surface area contributed by atoms with E-state index in [2.05, 4.69) is 10.6 Å². The first-order valence-electron chi connectivity index (χ1n) is 5.00. The number of amides is 1. The summed E-state index contributed by atoms with van der Waals surface area (Å²) in [6, 6.07) is -0.983. The van der Waals surface area contributed by atoms with Crippen molar-refractivity contribution < 1.29 is 19.8 Å². The minimum Gasteiger partial charge on any atom is -0.480 e. The summed E-state index contributed by atoms with van der Waals surface area (Å²) in [7, 11) is 0. The van der Waals surface area contributed by atoms with Crippen LogP contribution in [0, 0.1) is 5.92 Å². The Hall–Kier alpha value is -1.14. The smallest absolute Gasteiger partial charge is 0.326 e. The summed E-state index contributed by atoms with van der Waals surface area (Å²) in [6.07, 6.45) is 0.776. The van der Waals surface area contributed by atoms with Gasteiger partial charge < -0.3 is 20.8 Å². The van der Waals surface area contributed by atoms with Crippen molar-refractivity contribution in [1.29, 1.82) is 0 Å². The number of hydrogen-bond acceptors (Lipinski definition) is 4. The Kier molecular flexibility index (Phi) is 4.51. The number of carboxylic acid groups (broad SMARTS) is 1. The van der Waals surface area contributed by atoms with Crippen molar-refractivity contribution in [2.75, 3.05) is 19.7 Å². The molecule has 1 unspecified atom stereocenters. The van der Waals surface area contributed by atoms with E-state index in [4.69, 9.17) is 10.2 Å². The Bertz CT molecular complexity index is 238. The van der Waals surface area contributed by atoms with Crippen molar-refractivity contribution in [2.24, 2.45) is 5.92 Å². The average Bonchev–Trinajstić information content (AvgIpc) is 2.69. The minimum atomic E-state index is -1.11. The Morgan fingerprint density at radius 3 is 2.73 bits per heavy atom. The molecule has 6 heteroatoms. The molecule has 2 atom stereocenters. The largest absolute Gasteiger partial charge is 0.480 e. The van der Waals surface area contributed by atoms with Gasteiger partial charge in [0.15, 0.2) is 0 Å². The van der Waals surface area contributed by atoms with E-state index in [1.807, 2.05) is 0 Å². The van der Waals surface area contributed by atoms with E-state index in [-0.39, 0.29) is 24.9 Å². The van der Waals surface area contributed by atoms with Gasteiger partial charge in [-0.05, 0) is 13.0 Å². The lowest BCUT2D eigenvalue weighted by Gasteiger charge is -2.15. The van der Waals surface area contributed by atoms with Crippen LogP contribution in [0.5, 0.6) is 0 Å². The molecule has 0 aromatic heterocycles. The zero-order valence-electron chi connectivity index (χ0n) is 8.40. The molecule has 0 aliphatic carbocycles. The zero-order chi connectivity index (χ0) is 11.3. The SMILES string of the molecule is O=C(N[C@@H](CCO)C(=O)O)C1CCNC1. The quantitative estimate of drug-likeness (QED) is 0.450. The van der Waals surface area contributed by atoms with Gasteiger partial charge in [-0.2, -0.15) is 0 Å². The summed E-state index contributed by atoms with van der Waals surface area (Å²) in [5.74, 6) is -1.50. The van der Waals surface area contributed by atoms with Crippen molar-refractivity contribution in [3.63, 3.8) is 0 Å². The second kappa shape index (κ2) is 5.67. The van der Waals surface area contributed by atoms with Gasteiger partial charge in [-0.15, -0.1) is 0 Å². The molecular weight excluding hydrogens is 200 g/mol. The molecule has 1 aliphatic rings. The Labute approximate surface area is 87.7 Å². The summed E-state index contributed by atoms with van der Waals surface area (Å²) in [4.78, 5) is 22.2. The highest BCUT2D eigenvalue weighted by molar-refractivity contribution is 5.85. The molecule has 1 heterocycles. The molecule has 0 bridgehead atoms. The fraction of sp³-hybridized carbons (Fsp3) is 0.778. The molecule has 86 valence electrons. The number of nitrogens with one attached hydrogen (secondary N) is 2. The topological polar surface area (TPSA) is 98.7 Å². The van der Waals surface area contributed by atoms with Gasteiger partial charge in [-0.1, -0.05) is 0 Å². The van der Waals surface area contributed by atoms with E-state index in [1.54, 1.807) is 0 Å². The number of aliphatic hydroxyl groups excluding tert-OH is 1. The van der Waals surface area contributed by atoms with Gasteiger partial charge in [0.25, 0.3) is 0 Å². The van der Waals surface area contributed by atoms with Gasteiger partial charge in [-0.25, -0.2) is 4.79 Å². The van der Waals surface area contributed by atoms with Crippen LogP contribution < -0.4 is 10.6 Å². The first-order valence-corrected chi connectivity index (χ1v) is 5.00. The molecule has 1 saturated heterocycles. The van der Waals surface area contributed by atoms with Crippen LogP contribution in [0.25, 0.3) is 0 Å². The van der Waals surface area contributed by atoms with Gasteiger partial charge >= 0.3 is 5.97 Å². The lowest BCUT2D eigenvalue weighted by molar-refractivity contribution is -0.142. The lowest BCUT2D eigenvalue weighted by Crippen LogP contribution is -2.44. The number of carboxylic acids is 1. The third kappa shape index (κ3) is 3.49. The van der Waals surface area contributed by atoms with E-state index < -0.39 is 12.0 Å².